The Kier molecular flexibility index (Phi) is 11.7. The molecule has 1 unspecified atom stereocenters. The molecule has 0 aliphatic rings. The average Bonchev–Trinajstić information content (AvgIpc) is 2.27. The minimum atomic E-state index is -4.17. The quantitative estimate of drug-likeness (QED) is 0.423. The maximum absolute atomic E-state index is 10.6. The summed E-state index contributed by atoms with van der Waals surface area (Å²) in [5.41, 5.74) is 0. The normalized spacial score (nSPS) is 12.3. The van der Waals surface area contributed by atoms with Crippen LogP contribution in [0.3, 0.4) is 0 Å². The SMILES string of the molecule is C=CC(=O)OCCC(C)N(C)C.CCOS(=O)(=O)O. The van der Waals surface area contributed by atoms with Gasteiger partial charge in [-0.05, 0) is 34.4 Å². The fourth-order valence-corrected chi connectivity index (χ4v) is 1.09. The van der Waals surface area contributed by atoms with Crippen molar-refractivity contribution in [2.75, 3.05) is 27.3 Å². The summed E-state index contributed by atoms with van der Waals surface area (Å²) >= 11 is 0. The van der Waals surface area contributed by atoms with Gasteiger partial charge in [-0.15, -0.1) is 0 Å². The van der Waals surface area contributed by atoms with E-state index in [0.717, 1.165) is 6.42 Å². The monoisotopic (exact) mass is 297 g/mol. The van der Waals surface area contributed by atoms with Crippen molar-refractivity contribution < 1.29 is 26.7 Å². The summed E-state index contributed by atoms with van der Waals surface area (Å²) in [5.74, 6) is -0.346. The standard InChI is InChI=1S/C9H17NO2.C2H6O4S/c1-5-9(11)12-7-6-8(2)10(3)4;1-2-6-7(3,4)5/h5,8H,1,6-7H2,2-4H3;2H2,1H3,(H,3,4,5). The highest BCUT2D eigenvalue weighted by Gasteiger charge is 2.04. The Morgan fingerprint density at radius 2 is 2.00 bits per heavy atom. The highest BCUT2D eigenvalue weighted by molar-refractivity contribution is 7.80. The van der Waals surface area contributed by atoms with Crippen molar-refractivity contribution in [3.63, 3.8) is 0 Å². The number of hydrogen-bond donors (Lipinski definition) is 1. The lowest BCUT2D eigenvalue weighted by Gasteiger charge is -2.18. The predicted octanol–water partition coefficient (Wildman–Crippen LogP) is 0.882. The first-order valence-electron chi connectivity index (χ1n) is 5.71. The number of carbonyl (C=O) groups is 1. The van der Waals surface area contributed by atoms with Gasteiger partial charge in [-0.2, -0.15) is 8.42 Å². The molecule has 0 aliphatic heterocycles. The molecule has 0 heterocycles. The summed E-state index contributed by atoms with van der Waals surface area (Å²) in [6, 6.07) is 0.433. The van der Waals surface area contributed by atoms with Crippen molar-refractivity contribution in [2.24, 2.45) is 0 Å². The molecule has 0 saturated heterocycles. The fraction of sp³-hybridized carbons (Fsp3) is 0.727. The molecule has 0 radical (unpaired) electrons. The van der Waals surface area contributed by atoms with Gasteiger partial charge in [0, 0.05) is 12.1 Å². The second kappa shape index (κ2) is 10.9. The molecular weight excluding hydrogens is 274 g/mol. The first-order chi connectivity index (χ1) is 8.64. The van der Waals surface area contributed by atoms with Gasteiger partial charge in [0.25, 0.3) is 0 Å². The van der Waals surface area contributed by atoms with Crippen molar-refractivity contribution in [3.8, 4) is 0 Å². The summed E-state index contributed by atoms with van der Waals surface area (Å²) < 4.78 is 35.5. The highest BCUT2D eigenvalue weighted by Crippen LogP contribution is 1.98. The molecule has 0 fully saturated rings. The Labute approximate surface area is 115 Å². The summed E-state index contributed by atoms with van der Waals surface area (Å²) in [6.45, 7) is 7.29. The molecule has 0 bridgehead atoms. The van der Waals surface area contributed by atoms with Crippen LogP contribution in [0.2, 0.25) is 0 Å². The number of ether oxygens (including phenoxy) is 1. The van der Waals surface area contributed by atoms with Crippen molar-refractivity contribution >= 4 is 16.4 Å². The minimum absolute atomic E-state index is 0.0289. The third-order valence-corrected chi connectivity index (χ3v) is 2.63. The Morgan fingerprint density at radius 1 is 1.47 bits per heavy atom. The van der Waals surface area contributed by atoms with Gasteiger partial charge >= 0.3 is 16.4 Å². The molecule has 1 atom stereocenters. The third kappa shape index (κ3) is 17.0. The van der Waals surface area contributed by atoms with Crippen LogP contribution in [0.1, 0.15) is 20.3 Å². The average molecular weight is 297 g/mol. The van der Waals surface area contributed by atoms with Gasteiger partial charge in [0.15, 0.2) is 0 Å². The maximum Gasteiger partial charge on any atom is 0.397 e. The zero-order valence-electron chi connectivity index (χ0n) is 11.8. The molecule has 0 aromatic rings. The van der Waals surface area contributed by atoms with Gasteiger partial charge in [0.2, 0.25) is 0 Å². The molecule has 0 amide bonds. The summed E-state index contributed by atoms with van der Waals surface area (Å²) in [4.78, 5) is 12.7. The van der Waals surface area contributed by atoms with Crippen LogP contribution in [-0.2, 0) is 24.1 Å². The topological polar surface area (TPSA) is 93.1 Å². The van der Waals surface area contributed by atoms with Crippen LogP contribution in [0, 0.1) is 0 Å². The molecule has 7 nitrogen and oxygen atoms in total. The zero-order valence-corrected chi connectivity index (χ0v) is 12.6. The predicted molar refractivity (Wildman–Crippen MR) is 72.1 cm³/mol. The van der Waals surface area contributed by atoms with Crippen LogP contribution in [0.5, 0.6) is 0 Å². The number of esters is 1. The molecule has 0 rings (SSSR count). The second-order valence-corrected chi connectivity index (χ2v) is 4.90. The minimum Gasteiger partial charge on any atom is -0.462 e. The Hall–Kier alpha value is -0.960. The van der Waals surface area contributed by atoms with Crippen molar-refractivity contribution in [1.29, 1.82) is 0 Å². The third-order valence-electron chi connectivity index (χ3n) is 2.09. The summed E-state index contributed by atoms with van der Waals surface area (Å²) in [6.07, 6.45) is 2.03. The van der Waals surface area contributed by atoms with E-state index >= 15 is 0 Å². The van der Waals surface area contributed by atoms with E-state index in [4.69, 9.17) is 9.29 Å². The first kappa shape index (κ1) is 20.4. The van der Waals surface area contributed by atoms with Crippen molar-refractivity contribution in [1.82, 2.24) is 4.90 Å². The molecule has 0 aliphatic carbocycles. The lowest BCUT2D eigenvalue weighted by Crippen LogP contribution is -2.26. The molecule has 1 N–H and O–H groups in total. The van der Waals surface area contributed by atoms with Crippen LogP contribution >= 0.6 is 0 Å². The van der Waals surface area contributed by atoms with Crippen LogP contribution in [0.15, 0.2) is 12.7 Å². The molecule has 19 heavy (non-hydrogen) atoms. The largest absolute Gasteiger partial charge is 0.462 e. The van der Waals surface area contributed by atoms with Gasteiger partial charge in [0.05, 0.1) is 13.2 Å². The van der Waals surface area contributed by atoms with Gasteiger partial charge in [-0.1, -0.05) is 6.58 Å². The Balaban J connectivity index is 0. The molecule has 0 spiro atoms. The molecule has 0 aromatic heterocycles. The van der Waals surface area contributed by atoms with E-state index in [1.165, 1.54) is 13.0 Å². The molecule has 0 aromatic carbocycles. The zero-order chi connectivity index (χ0) is 15.5. The van der Waals surface area contributed by atoms with E-state index in [1.54, 1.807) is 0 Å². The first-order valence-corrected chi connectivity index (χ1v) is 7.08. The number of nitrogens with zero attached hydrogens (tertiary/aromatic N) is 1. The maximum atomic E-state index is 10.6. The Bertz CT molecular complexity index is 352. The van der Waals surface area contributed by atoms with E-state index in [9.17, 15) is 13.2 Å². The number of rotatable bonds is 7. The second-order valence-electron chi connectivity index (χ2n) is 3.81. The van der Waals surface area contributed by atoms with Gasteiger partial charge < -0.3 is 9.64 Å². The van der Waals surface area contributed by atoms with Gasteiger partial charge in [0.1, 0.15) is 0 Å². The van der Waals surface area contributed by atoms with Crippen LogP contribution < -0.4 is 0 Å². The van der Waals surface area contributed by atoms with Crippen LogP contribution in [0.4, 0.5) is 0 Å². The smallest absolute Gasteiger partial charge is 0.397 e. The van der Waals surface area contributed by atoms with E-state index in [0.29, 0.717) is 12.6 Å². The van der Waals surface area contributed by atoms with Crippen LogP contribution in [0.25, 0.3) is 0 Å². The fourth-order valence-electron chi connectivity index (χ4n) is 0.796. The lowest BCUT2D eigenvalue weighted by molar-refractivity contribution is -0.138. The van der Waals surface area contributed by atoms with Crippen molar-refractivity contribution in [2.45, 2.75) is 26.3 Å². The number of carbonyl (C=O) groups excluding carboxylic acids is 1. The van der Waals surface area contributed by atoms with E-state index < -0.39 is 10.4 Å². The van der Waals surface area contributed by atoms with Crippen LogP contribution in [-0.4, -0.2) is 57.2 Å². The van der Waals surface area contributed by atoms with Gasteiger partial charge in [-0.3, -0.25) is 4.55 Å². The summed E-state index contributed by atoms with van der Waals surface area (Å²) in [7, 11) is -0.174. The van der Waals surface area contributed by atoms with Crippen molar-refractivity contribution in [3.05, 3.63) is 12.7 Å². The number of hydrogen-bond acceptors (Lipinski definition) is 6. The lowest BCUT2D eigenvalue weighted by atomic mass is 10.2. The van der Waals surface area contributed by atoms with E-state index in [2.05, 4.69) is 22.6 Å². The van der Waals surface area contributed by atoms with E-state index in [1.807, 2.05) is 14.1 Å². The highest BCUT2D eigenvalue weighted by atomic mass is 32.3. The Morgan fingerprint density at radius 3 is 2.26 bits per heavy atom. The molecule has 8 heteroatoms. The molecule has 114 valence electrons. The molecule has 0 saturated carbocycles. The van der Waals surface area contributed by atoms with Gasteiger partial charge in [-0.25, -0.2) is 8.98 Å². The van der Waals surface area contributed by atoms with E-state index in [-0.39, 0.29) is 12.6 Å². The molecular formula is C11H23NO6S. The summed E-state index contributed by atoms with van der Waals surface area (Å²) in [5, 5.41) is 0.